The standard InChI is InChI=1S/C28H62N3O4PSSi/c1-16-28(17-2,20-35-38(14,15)27(11,12)13)29-26(32)37-19-18-33-21-34-36(30(22(3)4)23(5)6)31(24(7)8)25(9)10/h22-25H,16-21H2,1-15H3,(H,29,32). The maximum Gasteiger partial charge on any atom is 0.279 e. The SMILES string of the molecule is CCC(CC)(CO[Si](C)(C)C(C)(C)C)NC(=O)SCCOCOP(N(C(C)C)C(C)C)N(C(C)C)C(C)C. The Labute approximate surface area is 242 Å². The summed E-state index contributed by atoms with van der Waals surface area (Å²) in [6.45, 7) is 34.5. The molecule has 0 saturated heterocycles. The number of thioether (sulfide) groups is 1. The van der Waals surface area contributed by atoms with Gasteiger partial charge in [-0.1, -0.05) is 46.4 Å². The van der Waals surface area contributed by atoms with Crippen molar-refractivity contribution in [1.29, 1.82) is 0 Å². The molecule has 0 heterocycles. The van der Waals surface area contributed by atoms with E-state index in [-0.39, 0.29) is 22.6 Å². The third-order valence-corrected chi connectivity index (χ3v) is 15.6. The molecule has 228 valence electrons. The topological polar surface area (TPSA) is 63.3 Å². The van der Waals surface area contributed by atoms with Gasteiger partial charge in [0, 0.05) is 29.9 Å². The molecule has 38 heavy (non-hydrogen) atoms. The summed E-state index contributed by atoms with van der Waals surface area (Å²) in [6.07, 6.45) is 1.67. The Morgan fingerprint density at radius 3 is 1.71 bits per heavy atom. The molecule has 1 amide bonds. The monoisotopic (exact) mass is 595 g/mol. The van der Waals surface area contributed by atoms with Crippen molar-refractivity contribution in [1.82, 2.24) is 14.7 Å². The second-order valence-electron chi connectivity index (χ2n) is 12.8. The summed E-state index contributed by atoms with van der Waals surface area (Å²) in [4.78, 5) is 12.8. The first-order valence-electron chi connectivity index (χ1n) is 14.5. The van der Waals surface area contributed by atoms with E-state index < -0.39 is 16.8 Å². The minimum Gasteiger partial charge on any atom is -0.414 e. The molecule has 0 aromatic carbocycles. The van der Waals surface area contributed by atoms with E-state index in [2.05, 4.69) is 118 Å². The van der Waals surface area contributed by atoms with Crippen molar-refractivity contribution in [2.24, 2.45) is 0 Å². The van der Waals surface area contributed by atoms with Gasteiger partial charge in [0.1, 0.15) is 0 Å². The summed E-state index contributed by atoms with van der Waals surface area (Å²) in [5.41, 5.74) is -0.340. The van der Waals surface area contributed by atoms with Crippen molar-refractivity contribution in [3.05, 3.63) is 0 Å². The van der Waals surface area contributed by atoms with Gasteiger partial charge in [-0.3, -0.25) is 4.79 Å². The van der Waals surface area contributed by atoms with Crippen LogP contribution in [0.2, 0.25) is 18.1 Å². The van der Waals surface area contributed by atoms with Gasteiger partial charge in [0.25, 0.3) is 5.24 Å². The number of hydrogen-bond donors (Lipinski definition) is 1. The fraction of sp³-hybridized carbons (Fsp3) is 0.964. The molecule has 0 atom stereocenters. The molecule has 0 radical (unpaired) electrons. The van der Waals surface area contributed by atoms with Crippen molar-refractivity contribution in [2.45, 2.75) is 151 Å². The lowest BCUT2D eigenvalue weighted by Gasteiger charge is -2.45. The third-order valence-electron chi connectivity index (χ3n) is 7.46. The van der Waals surface area contributed by atoms with E-state index in [9.17, 15) is 4.79 Å². The molecule has 7 nitrogen and oxygen atoms in total. The molecule has 0 aliphatic rings. The fourth-order valence-corrected chi connectivity index (χ4v) is 8.03. The second-order valence-corrected chi connectivity index (χ2v) is 20.4. The average Bonchev–Trinajstić information content (AvgIpc) is 2.77. The molecular formula is C28H62N3O4PSSi. The maximum atomic E-state index is 12.8. The van der Waals surface area contributed by atoms with Gasteiger partial charge in [-0.25, -0.2) is 9.34 Å². The Kier molecular flexibility index (Phi) is 17.4. The van der Waals surface area contributed by atoms with Crippen molar-refractivity contribution in [3.63, 3.8) is 0 Å². The highest BCUT2D eigenvalue weighted by Gasteiger charge is 2.40. The molecule has 0 aromatic rings. The van der Waals surface area contributed by atoms with Gasteiger partial charge in [-0.2, -0.15) is 0 Å². The molecule has 0 bridgehead atoms. The lowest BCUT2D eigenvalue weighted by molar-refractivity contribution is 0.0154. The van der Waals surface area contributed by atoms with Crippen molar-refractivity contribution in [2.75, 3.05) is 25.8 Å². The highest BCUT2D eigenvalue weighted by atomic mass is 32.2. The first kappa shape index (κ1) is 38.3. The number of amides is 1. The van der Waals surface area contributed by atoms with Gasteiger partial charge in [0.2, 0.25) is 0 Å². The van der Waals surface area contributed by atoms with Gasteiger partial charge in [0.15, 0.2) is 23.6 Å². The normalized spacial score (nSPS) is 13.8. The van der Waals surface area contributed by atoms with Gasteiger partial charge in [0.05, 0.1) is 18.8 Å². The molecule has 0 spiro atoms. The van der Waals surface area contributed by atoms with Crippen molar-refractivity contribution in [3.8, 4) is 0 Å². The van der Waals surface area contributed by atoms with E-state index in [1.54, 1.807) is 0 Å². The zero-order valence-corrected chi connectivity index (χ0v) is 30.1. The third kappa shape index (κ3) is 12.4. The Morgan fingerprint density at radius 2 is 1.34 bits per heavy atom. The summed E-state index contributed by atoms with van der Waals surface area (Å²) in [5.74, 6) is 0.579. The minimum absolute atomic E-state index is 0.0177. The number of nitrogens with one attached hydrogen (secondary N) is 1. The molecule has 10 heteroatoms. The fourth-order valence-electron chi connectivity index (χ4n) is 4.03. The Balaban J connectivity index is 4.94. The molecule has 0 fully saturated rings. The zero-order valence-electron chi connectivity index (χ0n) is 27.4. The van der Waals surface area contributed by atoms with Crippen molar-refractivity contribution >= 4 is 33.8 Å². The quantitative estimate of drug-likeness (QED) is 0.0738. The van der Waals surface area contributed by atoms with Crippen LogP contribution in [0.1, 0.15) is 103 Å². The molecular weight excluding hydrogens is 533 g/mol. The van der Waals surface area contributed by atoms with E-state index in [4.69, 9.17) is 13.7 Å². The number of hydrogen-bond acceptors (Lipinski definition) is 7. The van der Waals surface area contributed by atoms with Gasteiger partial charge in [-0.05, 0) is 86.4 Å². The van der Waals surface area contributed by atoms with Gasteiger partial charge < -0.3 is 19.0 Å². The van der Waals surface area contributed by atoms with Crippen molar-refractivity contribution < 1.29 is 18.5 Å². The first-order valence-corrected chi connectivity index (χ1v) is 19.6. The van der Waals surface area contributed by atoms with E-state index in [1.165, 1.54) is 11.8 Å². The molecule has 0 aliphatic heterocycles. The Hall–Kier alpha value is 0.267. The summed E-state index contributed by atoms with van der Waals surface area (Å²) in [6, 6.07) is 1.44. The van der Waals surface area contributed by atoms with Crippen LogP contribution in [0.3, 0.4) is 0 Å². The van der Waals surface area contributed by atoms with Crippen LogP contribution in [0.4, 0.5) is 4.79 Å². The lowest BCUT2D eigenvalue weighted by atomic mass is 9.94. The maximum absolute atomic E-state index is 12.8. The van der Waals surface area contributed by atoms with E-state index >= 15 is 0 Å². The molecule has 0 aliphatic carbocycles. The van der Waals surface area contributed by atoms with E-state index in [1.807, 2.05) is 0 Å². The number of nitrogens with zero attached hydrogens (tertiary/aromatic N) is 2. The van der Waals surface area contributed by atoms with Crippen LogP contribution in [-0.2, 0) is 13.7 Å². The largest absolute Gasteiger partial charge is 0.414 e. The smallest absolute Gasteiger partial charge is 0.279 e. The Morgan fingerprint density at radius 1 is 0.895 bits per heavy atom. The van der Waals surface area contributed by atoms with Crippen LogP contribution in [0.15, 0.2) is 0 Å². The summed E-state index contributed by atoms with van der Waals surface area (Å²) in [7, 11) is -2.87. The average molecular weight is 596 g/mol. The molecule has 0 aromatic heterocycles. The van der Waals surface area contributed by atoms with Crippen LogP contribution >= 0.6 is 20.2 Å². The molecule has 0 saturated carbocycles. The lowest BCUT2D eigenvalue weighted by Crippen LogP contribution is -2.53. The summed E-state index contributed by atoms with van der Waals surface area (Å²) in [5, 5.41) is 3.39. The van der Waals surface area contributed by atoms with Crippen LogP contribution in [-0.4, -0.2) is 78.4 Å². The molecule has 1 N–H and O–H groups in total. The zero-order chi connectivity index (χ0) is 29.9. The van der Waals surface area contributed by atoms with Crippen LogP contribution in [0, 0.1) is 0 Å². The van der Waals surface area contributed by atoms with E-state index in [0.29, 0.717) is 43.1 Å². The Bertz CT molecular complexity index is 635. The number of carbonyl (C=O) groups excluding carboxylic acids is 1. The number of rotatable bonds is 18. The molecule has 0 unspecified atom stereocenters. The molecule has 0 rings (SSSR count). The highest BCUT2D eigenvalue weighted by molar-refractivity contribution is 8.13. The summed E-state index contributed by atoms with van der Waals surface area (Å²) >= 11 is 1.27. The predicted octanol–water partition coefficient (Wildman–Crippen LogP) is 8.47. The number of carbonyl (C=O) groups is 1. The van der Waals surface area contributed by atoms with Crippen LogP contribution < -0.4 is 5.32 Å². The second kappa shape index (κ2) is 17.3. The van der Waals surface area contributed by atoms with E-state index in [0.717, 1.165) is 12.8 Å². The first-order chi connectivity index (χ1) is 17.4. The van der Waals surface area contributed by atoms with Crippen LogP contribution in [0.5, 0.6) is 0 Å². The summed E-state index contributed by atoms with van der Waals surface area (Å²) < 4.78 is 23.7. The number of ether oxygens (including phenoxy) is 1. The van der Waals surface area contributed by atoms with Gasteiger partial charge in [-0.15, -0.1) is 0 Å². The minimum atomic E-state index is -1.89. The highest BCUT2D eigenvalue weighted by Crippen LogP contribution is 2.50. The van der Waals surface area contributed by atoms with Gasteiger partial charge >= 0.3 is 0 Å². The van der Waals surface area contributed by atoms with Crippen LogP contribution in [0.25, 0.3) is 0 Å². The predicted molar refractivity (Wildman–Crippen MR) is 170 cm³/mol.